The van der Waals surface area contributed by atoms with Gasteiger partial charge in [-0.2, -0.15) is 0 Å². The smallest absolute Gasteiger partial charge is 0.257 e. The highest BCUT2D eigenvalue weighted by molar-refractivity contribution is 9.10. The van der Waals surface area contributed by atoms with Crippen LogP contribution in [0.4, 0.5) is 5.69 Å². The zero-order valence-electron chi connectivity index (χ0n) is 12.1. The second-order valence-electron chi connectivity index (χ2n) is 4.79. The van der Waals surface area contributed by atoms with Crippen molar-refractivity contribution in [3.63, 3.8) is 0 Å². The minimum absolute atomic E-state index is 0.212. The van der Waals surface area contributed by atoms with Crippen LogP contribution in [0, 0.1) is 0 Å². The Morgan fingerprint density at radius 3 is 2.35 bits per heavy atom. The first-order valence-corrected chi connectivity index (χ1v) is 7.75. The molecule has 0 aliphatic carbocycles. The van der Waals surface area contributed by atoms with Gasteiger partial charge in [0.15, 0.2) is 0 Å². The molecule has 0 radical (unpaired) electrons. The molecule has 0 fully saturated rings. The van der Waals surface area contributed by atoms with E-state index in [0.717, 1.165) is 10.2 Å². The maximum absolute atomic E-state index is 12.1. The molecule has 0 saturated heterocycles. The molecular weight excluding hydrogens is 356 g/mol. The van der Waals surface area contributed by atoms with Gasteiger partial charge in [-0.1, -0.05) is 18.2 Å². The van der Waals surface area contributed by atoms with E-state index in [0.29, 0.717) is 17.0 Å². The number of aromatic nitrogens is 1. The van der Waals surface area contributed by atoms with Crippen LogP contribution in [0.1, 0.15) is 10.4 Å². The molecule has 0 aliphatic heterocycles. The lowest BCUT2D eigenvalue weighted by molar-refractivity contribution is 0.102. The molecular formula is C18H13BrN2O2. The third-order valence-electron chi connectivity index (χ3n) is 3.06. The van der Waals surface area contributed by atoms with Crippen LogP contribution in [0.15, 0.2) is 77.5 Å². The van der Waals surface area contributed by atoms with E-state index in [1.165, 1.54) is 6.20 Å². The summed E-state index contributed by atoms with van der Waals surface area (Å²) in [6, 6.07) is 18.4. The normalized spacial score (nSPS) is 10.1. The van der Waals surface area contributed by atoms with Gasteiger partial charge in [0.1, 0.15) is 11.5 Å². The molecule has 23 heavy (non-hydrogen) atoms. The molecule has 0 saturated carbocycles. The molecule has 1 heterocycles. The number of carbonyl (C=O) groups is 1. The molecule has 5 heteroatoms. The Bertz CT molecular complexity index is 805. The second-order valence-corrected chi connectivity index (χ2v) is 5.70. The molecule has 3 aromatic rings. The summed E-state index contributed by atoms with van der Waals surface area (Å²) >= 11 is 3.30. The van der Waals surface area contributed by atoms with Crippen LogP contribution in [-0.4, -0.2) is 10.9 Å². The molecule has 0 aliphatic rings. The Kier molecular flexibility index (Phi) is 4.68. The summed E-state index contributed by atoms with van der Waals surface area (Å²) in [5.74, 6) is 1.26. The lowest BCUT2D eigenvalue weighted by atomic mass is 10.2. The highest BCUT2D eigenvalue weighted by Crippen LogP contribution is 2.23. The summed E-state index contributed by atoms with van der Waals surface area (Å²) in [7, 11) is 0. The standard InChI is InChI=1S/C18H13BrN2O2/c19-14-10-13(11-20-12-14)18(22)21-15-6-8-17(9-7-15)23-16-4-2-1-3-5-16/h1-12H,(H,21,22). The first-order valence-electron chi connectivity index (χ1n) is 6.95. The number of amides is 1. The van der Waals surface area contributed by atoms with E-state index in [1.54, 1.807) is 24.4 Å². The van der Waals surface area contributed by atoms with E-state index in [2.05, 4.69) is 26.2 Å². The Balaban J connectivity index is 1.67. The molecule has 3 rings (SSSR count). The summed E-state index contributed by atoms with van der Waals surface area (Å²) < 4.78 is 6.47. The van der Waals surface area contributed by atoms with Crippen LogP contribution in [0.2, 0.25) is 0 Å². The van der Waals surface area contributed by atoms with Crippen molar-refractivity contribution in [3.8, 4) is 11.5 Å². The number of nitrogens with zero attached hydrogens (tertiary/aromatic N) is 1. The second kappa shape index (κ2) is 7.07. The van der Waals surface area contributed by atoms with Crippen molar-refractivity contribution in [2.45, 2.75) is 0 Å². The molecule has 1 amide bonds. The molecule has 4 nitrogen and oxygen atoms in total. The quantitative estimate of drug-likeness (QED) is 0.713. The number of rotatable bonds is 4. The van der Waals surface area contributed by atoms with Crippen LogP contribution < -0.4 is 10.1 Å². The number of para-hydroxylation sites is 1. The third kappa shape index (κ3) is 4.17. The average Bonchev–Trinajstić information content (AvgIpc) is 2.57. The van der Waals surface area contributed by atoms with Gasteiger partial charge >= 0.3 is 0 Å². The van der Waals surface area contributed by atoms with Gasteiger partial charge in [0, 0.05) is 22.6 Å². The van der Waals surface area contributed by atoms with Crippen molar-refractivity contribution in [2.75, 3.05) is 5.32 Å². The molecule has 1 aromatic heterocycles. The fourth-order valence-electron chi connectivity index (χ4n) is 1.97. The van der Waals surface area contributed by atoms with Crippen LogP contribution >= 0.6 is 15.9 Å². The molecule has 0 spiro atoms. The number of benzene rings is 2. The molecule has 0 unspecified atom stereocenters. The Hall–Kier alpha value is -2.66. The highest BCUT2D eigenvalue weighted by Gasteiger charge is 2.07. The van der Waals surface area contributed by atoms with Gasteiger partial charge in [-0.05, 0) is 58.4 Å². The number of hydrogen-bond acceptors (Lipinski definition) is 3. The minimum atomic E-state index is -0.212. The average molecular weight is 369 g/mol. The fraction of sp³-hybridized carbons (Fsp3) is 0. The fourth-order valence-corrected chi connectivity index (χ4v) is 2.34. The van der Waals surface area contributed by atoms with Crippen LogP contribution in [0.3, 0.4) is 0 Å². The van der Waals surface area contributed by atoms with E-state index >= 15 is 0 Å². The Labute approximate surface area is 142 Å². The molecule has 114 valence electrons. The number of ether oxygens (including phenoxy) is 1. The number of nitrogens with one attached hydrogen (secondary N) is 1. The van der Waals surface area contributed by atoms with Crippen LogP contribution in [-0.2, 0) is 0 Å². The topological polar surface area (TPSA) is 51.2 Å². The zero-order chi connectivity index (χ0) is 16.1. The van der Waals surface area contributed by atoms with E-state index in [4.69, 9.17) is 4.74 Å². The maximum atomic E-state index is 12.1. The predicted octanol–water partition coefficient (Wildman–Crippen LogP) is 4.89. The van der Waals surface area contributed by atoms with Crippen molar-refractivity contribution in [2.24, 2.45) is 0 Å². The lowest BCUT2D eigenvalue weighted by Crippen LogP contribution is -2.12. The van der Waals surface area contributed by atoms with Gasteiger partial charge in [0.25, 0.3) is 5.91 Å². The number of anilines is 1. The van der Waals surface area contributed by atoms with Crippen molar-refractivity contribution >= 4 is 27.5 Å². The predicted molar refractivity (Wildman–Crippen MR) is 92.8 cm³/mol. The van der Waals surface area contributed by atoms with Crippen molar-refractivity contribution < 1.29 is 9.53 Å². The summed E-state index contributed by atoms with van der Waals surface area (Å²) in [4.78, 5) is 16.1. The summed E-state index contributed by atoms with van der Waals surface area (Å²) in [5.41, 5.74) is 1.18. The zero-order valence-corrected chi connectivity index (χ0v) is 13.7. The maximum Gasteiger partial charge on any atom is 0.257 e. The lowest BCUT2D eigenvalue weighted by Gasteiger charge is -2.08. The highest BCUT2D eigenvalue weighted by atomic mass is 79.9. The number of hydrogen-bond donors (Lipinski definition) is 1. The van der Waals surface area contributed by atoms with E-state index < -0.39 is 0 Å². The molecule has 1 N–H and O–H groups in total. The third-order valence-corrected chi connectivity index (χ3v) is 3.49. The van der Waals surface area contributed by atoms with E-state index in [9.17, 15) is 4.79 Å². The first kappa shape index (κ1) is 15.2. The van der Waals surface area contributed by atoms with E-state index in [1.807, 2.05) is 42.5 Å². The number of carbonyl (C=O) groups excluding carboxylic acids is 1. The number of halogens is 1. The molecule has 0 atom stereocenters. The van der Waals surface area contributed by atoms with Gasteiger partial charge in [-0.25, -0.2) is 0 Å². The van der Waals surface area contributed by atoms with Gasteiger partial charge in [-0.15, -0.1) is 0 Å². The first-order chi connectivity index (χ1) is 11.2. The minimum Gasteiger partial charge on any atom is -0.457 e. The monoisotopic (exact) mass is 368 g/mol. The number of pyridine rings is 1. The summed E-state index contributed by atoms with van der Waals surface area (Å²) in [6.45, 7) is 0. The van der Waals surface area contributed by atoms with E-state index in [-0.39, 0.29) is 5.91 Å². The summed E-state index contributed by atoms with van der Waals surface area (Å²) in [6.07, 6.45) is 3.15. The van der Waals surface area contributed by atoms with Gasteiger partial charge < -0.3 is 10.1 Å². The van der Waals surface area contributed by atoms with Crippen LogP contribution in [0.25, 0.3) is 0 Å². The Morgan fingerprint density at radius 1 is 0.957 bits per heavy atom. The van der Waals surface area contributed by atoms with Gasteiger partial charge in [0.05, 0.1) is 5.56 Å². The van der Waals surface area contributed by atoms with Crippen molar-refractivity contribution in [3.05, 3.63) is 83.1 Å². The summed E-state index contributed by atoms with van der Waals surface area (Å²) in [5, 5.41) is 2.82. The van der Waals surface area contributed by atoms with Crippen molar-refractivity contribution in [1.82, 2.24) is 4.98 Å². The SMILES string of the molecule is O=C(Nc1ccc(Oc2ccccc2)cc1)c1cncc(Br)c1. The molecule has 0 bridgehead atoms. The van der Waals surface area contributed by atoms with Crippen molar-refractivity contribution in [1.29, 1.82) is 0 Å². The Morgan fingerprint density at radius 2 is 1.65 bits per heavy atom. The van der Waals surface area contributed by atoms with Gasteiger partial charge in [-0.3, -0.25) is 9.78 Å². The van der Waals surface area contributed by atoms with Crippen LogP contribution in [0.5, 0.6) is 11.5 Å². The molecule has 2 aromatic carbocycles. The largest absolute Gasteiger partial charge is 0.457 e. The van der Waals surface area contributed by atoms with Gasteiger partial charge in [0.2, 0.25) is 0 Å².